The molecule has 1 saturated heterocycles. The molecule has 0 spiro atoms. The number of nitriles is 1. The van der Waals surface area contributed by atoms with Gasteiger partial charge in [0.25, 0.3) is 0 Å². The predicted molar refractivity (Wildman–Crippen MR) is 124 cm³/mol. The topological polar surface area (TPSA) is 102 Å². The molecule has 2 aliphatic rings. The number of halogens is 3. The number of amides is 1. The van der Waals surface area contributed by atoms with Crippen LogP contribution in [0.1, 0.15) is 43.4 Å². The molecule has 2 fully saturated rings. The number of alkyl halides is 3. The van der Waals surface area contributed by atoms with E-state index in [1.165, 1.54) is 4.31 Å². The molecule has 1 amide bonds. The zero-order valence-corrected chi connectivity index (χ0v) is 20.6. The monoisotopic (exact) mass is 521 g/mol. The summed E-state index contributed by atoms with van der Waals surface area (Å²) >= 11 is 0. The zero-order valence-electron chi connectivity index (χ0n) is 19.8. The van der Waals surface area contributed by atoms with Crippen molar-refractivity contribution in [1.82, 2.24) is 9.21 Å². The van der Waals surface area contributed by atoms with Crippen LogP contribution in [-0.2, 0) is 25.8 Å². The maximum atomic E-state index is 13.4. The fourth-order valence-corrected chi connectivity index (χ4v) is 6.26. The summed E-state index contributed by atoms with van der Waals surface area (Å²) in [5, 5.41) is 18.8. The smallest absolute Gasteiger partial charge is 0.376 e. The lowest BCUT2D eigenvalue weighted by Crippen LogP contribution is -2.57. The molecule has 4 rings (SSSR count). The van der Waals surface area contributed by atoms with Crippen molar-refractivity contribution < 1.29 is 31.5 Å². The number of rotatable bonds is 5. The van der Waals surface area contributed by atoms with E-state index in [9.17, 15) is 31.5 Å². The summed E-state index contributed by atoms with van der Waals surface area (Å²) in [6.07, 6.45) is -3.56. The highest BCUT2D eigenvalue weighted by atomic mass is 32.2. The summed E-state index contributed by atoms with van der Waals surface area (Å²) in [6.45, 7) is 2.69. The Morgan fingerprint density at radius 2 is 1.67 bits per heavy atom. The van der Waals surface area contributed by atoms with Gasteiger partial charge in [0.15, 0.2) is 5.60 Å². The molecule has 1 aliphatic heterocycles. The van der Waals surface area contributed by atoms with Crippen molar-refractivity contribution in [3.05, 3.63) is 65.2 Å². The highest BCUT2D eigenvalue weighted by Gasteiger charge is 2.54. The minimum Gasteiger partial charge on any atom is -0.376 e. The largest absolute Gasteiger partial charge is 0.421 e. The van der Waals surface area contributed by atoms with E-state index in [4.69, 9.17) is 5.26 Å². The first-order valence-electron chi connectivity index (χ1n) is 11.5. The fraction of sp³-hybridized carbons (Fsp3) is 0.440. The maximum absolute atomic E-state index is 13.4. The minimum atomic E-state index is -4.92. The Balaban J connectivity index is 1.48. The van der Waals surface area contributed by atoms with Gasteiger partial charge in [-0.25, -0.2) is 8.42 Å². The third-order valence-electron chi connectivity index (χ3n) is 7.15. The average molecular weight is 522 g/mol. The van der Waals surface area contributed by atoms with Crippen LogP contribution in [0.4, 0.5) is 13.2 Å². The van der Waals surface area contributed by atoms with Crippen molar-refractivity contribution in [2.24, 2.45) is 0 Å². The van der Waals surface area contributed by atoms with E-state index >= 15 is 0 Å². The van der Waals surface area contributed by atoms with Gasteiger partial charge in [0.1, 0.15) is 0 Å². The number of sulfonamides is 1. The quantitative estimate of drug-likeness (QED) is 0.651. The van der Waals surface area contributed by atoms with Crippen molar-refractivity contribution in [2.75, 3.05) is 19.6 Å². The van der Waals surface area contributed by atoms with E-state index in [2.05, 4.69) is 6.07 Å². The van der Waals surface area contributed by atoms with Gasteiger partial charge in [-0.2, -0.15) is 22.7 Å². The Morgan fingerprint density at radius 1 is 1.08 bits per heavy atom. The SMILES string of the molecule is C[C@@H]1CN(C(=O)C2(c3ccc(C#N)cc3)CC2)CCN1S(=O)(=O)c1ccc(C(C)(O)C(F)(F)F)cc1. The van der Waals surface area contributed by atoms with Gasteiger partial charge in [0.05, 0.1) is 21.9 Å². The van der Waals surface area contributed by atoms with Crippen molar-refractivity contribution in [3.8, 4) is 6.07 Å². The number of benzene rings is 2. The van der Waals surface area contributed by atoms with Crippen LogP contribution < -0.4 is 0 Å². The van der Waals surface area contributed by atoms with Gasteiger partial charge in [0.2, 0.25) is 15.9 Å². The first-order chi connectivity index (χ1) is 16.7. The second-order valence-corrected chi connectivity index (χ2v) is 11.5. The number of hydrogen-bond acceptors (Lipinski definition) is 5. The number of hydrogen-bond donors (Lipinski definition) is 1. The summed E-state index contributed by atoms with van der Waals surface area (Å²) in [6, 6.07) is 12.4. The van der Waals surface area contributed by atoms with Gasteiger partial charge in [-0.1, -0.05) is 24.3 Å². The van der Waals surface area contributed by atoms with Crippen LogP contribution in [0.15, 0.2) is 53.4 Å². The lowest BCUT2D eigenvalue weighted by atomic mass is 9.93. The van der Waals surface area contributed by atoms with Crippen LogP contribution in [0.25, 0.3) is 0 Å². The molecule has 7 nitrogen and oxygen atoms in total. The molecule has 2 aromatic rings. The van der Waals surface area contributed by atoms with Crippen LogP contribution >= 0.6 is 0 Å². The first-order valence-corrected chi connectivity index (χ1v) is 12.9. The lowest BCUT2D eigenvalue weighted by molar-refractivity contribution is -0.258. The number of nitrogens with zero attached hydrogens (tertiary/aromatic N) is 3. The Hall–Kier alpha value is -2.94. The van der Waals surface area contributed by atoms with E-state index < -0.39 is 38.8 Å². The zero-order chi connectivity index (χ0) is 26.5. The van der Waals surface area contributed by atoms with Crippen molar-refractivity contribution >= 4 is 15.9 Å². The van der Waals surface area contributed by atoms with E-state index in [1.54, 1.807) is 36.1 Å². The van der Waals surface area contributed by atoms with Gasteiger partial charge in [0, 0.05) is 25.7 Å². The standard InChI is InChI=1S/C25H26F3N3O4S/c1-17-16-30(22(32)24(11-12-24)20-5-3-18(15-29)4-6-20)13-14-31(17)36(34,35)21-9-7-19(8-10-21)23(2,33)25(26,27)28/h3-10,17,33H,11-14,16H2,1-2H3/t17-,23?/m1/s1. The highest BCUT2D eigenvalue weighted by Crippen LogP contribution is 2.50. The molecule has 1 heterocycles. The molecule has 1 N–H and O–H groups in total. The Kier molecular flexibility index (Phi) is 6.44. The number of aliphatic hydroxyl groups is 1. The van der Waals surface area contributed by atoms with E-state index in [-0.39, 0.29) is 30.4 Å². The van der Waals surface area contributed by atoms with Gasteiger partial charge >= 0.3 is 6.18 Å². The molecule has 192 valence electrons. The van der Waals surface area contributed by atoms with E-state index in [0.29, 0.717) is 25.3 Å². The number of carbonyl (C=O) groups is 1. The molecule has 1 unspecified atom stereocenters. The summed E-state index contributed by atoms with van der Waals surface area (Å²) in [4.78, 5) is 14.9. The molecular weight excluding hydrogens is 495 g/mol. The molecule has 2 aromatic carbocycles. The summed E-state index contributed by atoms with van der Waals surface area (Å²) < 4.78 is 67.0. The van der Waals surface area contributed by atoms with Crippen LogP contribution in [0.2, 0.25) is 0 Å². The van der Waals surface area contributed by atoms with Crippen molar-refractivity contribution in [2.45, 2.75) is 54.8 Å². The molecule has 0 radical (unpaired) electrons. The van der Waals surface area contributed by atoms with Crippen molar-refractivity contribution in [1.29, 1.82) is 5.26 Å². The first kappa shape index (κ1) is 26.1. The van der Waals surface area contributed by atoms with Crippen LogP contribution in [0, 0.1) is 11.3 Å². The van der Waals surface area contributed by atoms with Gasteiger partial charge in [-0.05, 0) is 62.1 Å². The highest BCUT2D eigenvalue weighted by molar-refractivity contribution is 7.89. The molecule has 0 aromatic heterocycles. The maximum Gasteiger partial charge on any atom is 0.421 e. The summed E-state index contributed by atoms with van der Waals surface area (Å²) in [7, 11) is -4.04. The minimum absolute atomic E-state index is 0.0424. The molecule has 0 bridgehead atoms. The van der Waals surface area contributed by atoms with Gasteiger partial charge < -0.3 is 10.0 Å². The molecule has 2 atom stereocenters. The van der Waals surface area contributed by atoms with E-state index in [0.717, 1.165) is 29.8 Å². The molecule has 11 heteroatoms. The van der Waals surface area contributed by atoms with E-state index in [1.807, 2.05) is 0 Å². The van der Waals surface area contributed by atoms with Crippen LogP contribution in [0.5, 0.6) is 0 Å². The average Bonchev–Trinajstić information content (AvgIpc) is 3.65. The third-order valence-corrected chi connectivity index (χ3v) is 9.18. The normalized spacial score (nSPS) is 21.9. The van der Waals surface area contributed by atoms with Crippen LogP contribution in [-0.4, -0.2) is 60.5 Å². The molecular formula is C25H26F3N3O4S. The second kappa shape index (κ2) is 8.87. The Labute approximate surface area is 207 Å². The Morgan fingerprint density at radius 3 is 2.14 bits per heavy atom. The predicted octanol–water partition coefficient (Wildman–Crippen LogP) is 3.28. The fourth-order valence-electron chi connectivity index (χ4n) is 4.65. The summed E-state index contributed by atoms with van der Waals surface area (Å²) in [5.41, 5.74) is -2.88. The molecule has 36 heavy (non-hydrogen) atoms. The molecule has 1 aliphatic carbocycles. The number of carbonyl (C=O) groups excluding carboxylic acids is 1. The van der Waals surface area contributed by atoms with Crippen LogP contribution in [0.3, 0.4) is 0 Å². The molecule has 1 saturated carbocycles. The summed E-state index contributed by atoms with van der Waals surface area (Å²) in [5.74, 6) is -0.0742. The van der Waals surface area contributed by atoms with Gasteiger partial charge in [-0.3, -0.25) is 4.79 Å². The van der Waals surface area contributed by atoms with Crippen molar-refractivity contribution in [3.63, 3.8) is 0 Å². The Bertz CT molecular complexity index is 1300. The number of piperazine rings is 1. The third kappa shape index (κ3) is 4.38. The lowest BCUT2D eigenvalue weighted by Gasteiger charge is -2.40. The van der Waals surface area contributed by atoms with Gasteiger partial charge in [-0.15, -0.1) is 0 Å². The second-order valence-electron chi connectivity index (χ2n) is 9.58.